The molecule has 0 fully saturated rings. The van der Waals surface area contributed by atoms with E-state index < -0.39 is 0 Å². The predicted octanol–water partition coefficient (Wildman–Crippen LogP) is 4.14. The minimum atomic E-state index is 0.586. The predicted molar refractivity (Wildman–Crippen MR) is 125 cm³/mol. The van der Waals surface area contributed by atoms with Crippen LogP contribution in [0, 0.1) is 13.8 Å². The van der Waals surface area contributed by atoms with Gasteiger partial charge in [-0.25, -0.2) is 0 Å². The van der Waals surface area contributed by atoms with Gasteiger partial charge in [0, 0.05) is 36.6 Å². The summed E-state index contributed by atoms with van der Waals surface area (Å²) in [6.45, 7) is 8.06. The van der Waals surface area contributed by atoms with Crippen LogP contribution in [0.5, 0.6) is 11.5 Å². The second-order valence-electron chi connectivity index (χ2n) is 7.14. The second-order valence-corrected chi connectivity index (χ2v) is 7.14. The van der Waals surface area contributed by atoms with Crippen LogP contribution in [0.4, 0.5) is 5.69 Å². The minimum absolute atomic E-state index is 0.586. The molecule has 0 bridgehead atoms. The smallest absolute Gasteiger partial charge is 0.195 e. The van der Waals surface area contributed by atoms with Crippen molar-refractivity contribution in [3.8, 4) is 11.5 Å². The van der Waals surface area contributed by atoms with Crippen molar-refractivity contribution < 1.29 is 9.47 Å². The number of anilines is 1. The van der Waals surface area contributed by atoms with Crippen LogP contribution in [-0.4, -0.2) is 36.5 Å². The number of methoxy groups -OCH3 is 1. The van der Waals surface area contributed by atoms with E-state index >= 15 is 0 Å². The molecule has 0 unspecified atom stereocenters. The highest BCUT2D eigenvalue weighted by atomic mass is 16.5. The zero-order valence-corrected chi connectivity index (χ0v) is 18.9. The van der Waals surface area contributed by atoms with Gasteiger partial charge in [-0.3, -0.25) is 9.67 Å². The quantitative estimate of drug-likeness (QED) is 0.422. The fraction of sp³-hybridized carbons (Fsp3) is 0.333. The lowest BCUT2D eigenvalue weighted by molar-refractivity contribution is 0.311. The van der Waals surface area contributed by atoms with Crippen molar-refractivity contribution in [1.29, 1.82) is 0 Å². The molecule has 1 aromatic heterocycles. The Bertz CT molecular complexity index is 1030. The topological polar surface area (TPSA) is 72.7 Å². The molecule has 0 atom stereocenters. The summed E-state index contributed by atoms with van der Waals surface area (Å²) in [5.74, 6) is 2.06. The Hall–Kier alpha value is -3.48. The summed E-state index contributed by atoms with van der Waals surface area (Å²) in [5, 5.41) is 11.4. The first-order chi connectivity index (χ1) is 15.0. The molecule has 0 radical (unpaired) electrons. The largest absolute Gasteiger partial charge is 0.493 e. The molecule has 164 valence electrons. The molecular formula is C24H31N5O2. The normalized spacial score (nSPS) is 11.3. The first kappa shape index (κ1) is 22.2. The highest BCUT2D eigenvalue weighted by molar-refractivity contribution is 5.93. The maximum atomic E-state index is 5.58. The molecule has 0 amide bonds. The lowest BCUT2D eigenvalue weighted by atomic mass is 10.2. The van der Waals surface area contributed by atoms with E-state index in [4.69, 9.17) is 14.6 Å². The van der Waals surface area contributed by atoms with Gasteiger partial charge < -0.3 is 20.1 Å². The Balaban J connectivity index is 1.67. The molecule has 0 aliphatic rings. The highest BCUT2D eigenvalue weighted by Crippen LogP contribution is 2.30. The SMILES string of the molecule is CCOc1ccc(NC(=NC)NCc2c(C)nn(Cc3ccccc3)c2C)cc1OC. The second kappa shape index (κ2) is 10.5. The minimum Gasteiger partial charge on any atom is -0.493 e. The van der Waals surface area contributed by atoms with Crippen LogP contribution in [0.3, 0.4) is 0 Å². The third-order valence-electron chi connectivity index (χ3n) is 5.09. The maximum Gasteiger partial charge on any atom is 0.195 e. The van der Waals surface area contributed by atoms with E-state index in [1.165, 1.54) is 11.1 Å². The third-order valence-corrected chi connectivity index (χ3v) is 5.09. The van der Waals surface area contributed by atoms with Crippen molar-refractivity contribution in [3.63, 3.8) is 0 Å². The molecule has 7 nitrogen and oxygen atoms in total. The van der Waals surface area contributed by atoms with Crippen LogP contribution in [0.2, 0.25) is 0 Å². The van der Waals surface area contributed by atoms with Gasteiger partial charge in [0.15, 0.2) is 17.5 Å². The number of nitrogens with one attached hydrogen (secondary N) is 2. The Morgan fingerprint density at radius 2 is 1.87 bits per heavy atom. The molecule has 1 heterocycles. The summed E-state index contributed by atoms with van der Waals surface area (Å²) in [5.41, 5.74) is 5.42. The van der Waals surface area contributed by atoms with Crippen LogP contribution >= 0.6 is 0 Å². The first-order valence-corrected chi connectivity index (χ1v) is 10.4. The molecule has 0 saturated carbocycles. The van der Waals surface area contributed by atoms with E-state index in [2.05, 4.69) is 51.5 Å². The number of hydrogen-bond acceptors (Lipinski definition) is 4. The number of nitrogens with zero attached hydrogens (tertiary/aromatic N) is 3. The number of aryl methyl sites for hydroxylation is 1. The number of aromatic nitrogens is 2. The molecule has 3 rings (SSSR count). The fourth-order valence-corrected chi connectivity index (χ4v) is 3.41. The van der Waals surface area contributed by atoms with Crippen molar-refractivity contribution >= 4 is 11.6 Å². The summed E-state index contributed by atoms with van der Waals surface area (Å²) in [4.78, 5) is 4.34. The molecule has 0 aliphatic carbocycles. The van der Waals surface area contributed by atoms with E-state index in [0.717, 1.165) is 29.4 Å². The Morgan fingerprint density at radius 3 is 2.55 bits per heavy atom. The first-order valence-electron chi connectivity index (χ1n) is 10.4. The molecule has 3 aromatic rings. The highest BCUT2D eigenvalue weighted by Gasteiger charge is 2.13. The van der Waals surface area contributed by atoms with Gasteiger partial charge in [0.2, 0.25) is 0 Å². The fourth-order valence-electron chi connectivity index (χ4n) is 3.41. The number of rotatable bonds is 8. The van der Waals surface area contributed by atoms with Gasteiger partial charge in [0.1, 0.15) is 0 Å². The molecule has 2 N–H and O–H groups in total. The van der Waals surface area contributed by atoms with Crippen molar-refractivity contribution in [3.05, 3.63) is 71.0 Å². The van der Waals surface area contributed by atoms with Crippen LogP contribution in [0.1, 0.15) is 29.4 Å². The summed E-state index contributed by atoms with van der Waals surface area (Å²) in [6.07, 6.45) is 0. The number of hydrogen-bond donors (Lipinski definition) is 2. The molecule has 0 saturated heterocycles. The number of benzene rings is 2. The van der Waals surface area contributed by atoms with Gasteiger partial charge >= 0.3 is 0 Å². The van der Waals surface area contributed by atoms with Gasteiger partial charge in [-0.1, -0.05) is 30.3 Å². The van der Waals surface area contributed by atoms with Crippen molar-refractivity contribution in [2.24, 2.45) is 4.99 Å². The number of aliphatic imine (C=N–C) groups is 1. The van der Waals surface area contributed by atoms with E-state index in [-0.39, 0.29) is 0 Å². The summed E-state index contributed by atoms with van der Waals surface area (Å²) in [7, 11) is 3.38. The molecule has 2 aromatic carbocycles. The van der Waals surface area contributed by atoms with Crippen molar-refractivity contribution in [2.75, 3.05) is 26.1 Å². The number of ether oxygens (including phenoxy) is 2. The van der Waals surface area contributed by atoms with Crippen molar-refractivity contribution in [2.45, 2.75) is 33.9 Å². The van der Waals surface area contributed by atoms with E-state index in [1.807, 2.05) is 38.1 Å². The monoisotopic (exact) mass is 421 g/mol. The zero-order chi connectivity index (χ0) is 22.2. The Morgan fingerprint density at radius 1 is 1.10 bits per heavy atom. The molecule has 0 aliphatic heterocycles. The average molecular weight is 422 g/mol. The zero-order valence-electron chi connectivity index (χ0n) is 18.9. The van der Waals surface area contributed by atoms with Gasteiger partial charge in [-0.15, -0.1) is 0 Å². The Kier molecular flexibility index (Phi) is 7.54. The van der Waals surface area contributed by atoms with Gasteiger partial charge in [-0.2, -0.15) is 5.10 Å². The summed E-state index contributed by atoms with van der Waals surface area (Å²) >= 11 is 0. The van der Waals surface area contributed by atoms with Gasteiger partial charge in [0.05, 0.1) is 26.0 Å². The summed E-state index contributed by atoms with van der Waals surface area (Å²) < 4.78 is 13.1. The van der Waals surface area contributed by atoms with Gasteiger partial charge in [0.25, 0.3) is 0 Å². The lowest BCUT2D eigenvalue weighted by Gasteiger charge is -2.15. The van der Waals surface area contributed by atoms with E-state index in [1.54, 1.807) is 14.2 Å². The van der Waals surface area contributed by atoms with Crippen LogP contribution in [0.15, 0.2) is 53.5 Å². The van der Waals surface area contributed by atoms with Crippen LogP contribution in [0.25, 0.3) is 0 Å². The molecule has 0 spiro atoms. The maximum absolute atomic E-state index is 5.58. The standard InChI is InChI=1S/C24H31N5O2/c1-6-31-22-13-12-20(14-23(22)30-5)27-24(25-4)26-15-21-17(2)28-29(18(21)3)16-19-10-8-7-9-11-19/h7-14H,6,15-16H2,1-5H3,(H2,25,26,27). The van der Waals surface area contributed by atoms with Crippen LogP contribution < -0.4 is 20.1 Å². The van der Waals surface area contributed by atoms with Gasteiger partial charge in [-0.05, 0) is 38.5 Å². The Labute approximate surface area is 184 Å². The number of guanidine groups is 1. The van der Waals surface area contributed by atoms with E-state index in [0.29, 0.717) is 24.9 Å². The average Bonchev–Trinajstić information content (AvgIpc) is 3.05. The van der Waals surface area contributed by atoms with Crippen LogP contribution in [-0.2, 0) is 13.1 Å². The molecule has 31 heavy (non-hydrogen) atoms. The molecular weight excluding hydrogens is 390 g/mol. The lowest BCUT2D eigenvalue weighted by Crippen LogP contribution is -2.30. The molecule has 7 heteroatoms. The van der Waals surface area contributed by atoms with E-state index in [9.17, 15) is 0 Å². The summed E-state index contributed by atoms with van der Waals surface area (Å²) in [6, 6.07) is 16.1. The van der Waals surface area contributed by atoms with Crippen molar-refractivity contribution in [1.82, 2.24) is 15.1 Å². The third kappa shape index (κ3) is 5.57.